The van der Waals surface area contributed by atoms with E-state index in [1.54, 1.807) is 11.3 Å². The summed E-state index contributed by atoms with van der Waals surface area (Å²) in [5.74, 6) is 0.615. The highest BCUT2D eigenvalue weighted by Crippen LogP contribution is 2.38. The van der Waals surface area contributed by atoms with Crippen LogP contribution in [0.2, 0.25) is 0 Å². The molecule has 1 aliphatic heterocycles. The Labute approximate surface area is 136 Å². The maximum Gasteiger partial charge on any atom is 0.262 e. The fourth-order valence-corrected chi connectivity index (χ4v) is 4.03. The van der Waals surface area contributed by atoms with E-state index in [0.29, 0.717) is 0 Å². The highest BCUT2D eigenvalue weighted by molar-refractivity contribution is 14.1. The van der Waals surface area contributed by atoms with Crippen LogP contribution >= 0.6 is 49.9 Å². The molecular weight excluding hydrogens is 441 g/mol. The van der Waals surface area contributed by atoms with Gasteiger partial charge in [0.2, 0.25) is 0 Å². The van der Waals surface area contributed by atoms with Crippen LogP contribution in [0, 0.1) is 2.88 Å². The summed E-state index contributed by atoms with van der Waals surface area (Å²) in [6.45, 7) is 0.0901. The molecule has 1 N–H and O–H groups in total. The Hall–Kier alpha value is -0.600. The summed E-state index contributed by atoms with van der Waals surface area (Å²) in [7, 11) is 0. The number of halogens is 2. The first-order valence-corrected chi connectivity index (χ1v) is 8.45. The number of alkyl halides is 1. The number of thiophene rings is 1. The van der Waals surface area contributed by atoms with Gasteiger partial charge in [0.1, 0.15) is 5.75 Å². The molecule has 1 unspecified atom stereocenters. The number of fused-ring (bicyclic) bond motifs is 1. The highest BCUT2D eigenvalue weighted by Gasteiger charge is 2.19. The smallest absolute Gasteiger partial charge is 0.262 e. The lowest BCUT2D eigenvalue weighted by molar-refractivity contribution is -0.118. The molecule has 98 valence electrons. The molecule has 0 aliphatic carbocycles. The van der Waals surface area contributed by atoms with Crippen molar-refractivity contribution in [1.82, 2.24) is 0 Å². The van der Waals surface area contributed by atoms with Crippen molar-refractivity contribution in [3.63, 3.8) is 0 Å². The molecule has 0 saturated carbocycles. The van der Waals surface area contributed by atoms with E-state index >= 15 is 0 Å². The minimum absolute atomic E-state index is 0.0901. The van der Waals surface area contributed by atoms with Crippen LogP contribution in [0.15, 0.2) is 29.6 Å². The van der Waals surface area contributed by atoms with Crippen LogP contribution < -0.4 is 10.1 Å². The molecule has 2 aromatic rings. The van der Waals surface area contributed by atoms with Gasteiger partial charge in [-0.25, -0.2) is 0 Å². The molecule has 2 heterocycles. The number of hydrogen-bond donors (Lipinski definition) is 1. The molecule has 3 nitrogen and oxygen atoms in total. The number of carbonyl (C=O) groups excluding carboxylic acids is 1. The van der Waals surface area contributed by atoms with Gasteiger partial charge in [0, 0.05) is 0 Å². The molecule has 19 heavy (non-hydrogen) atoms. The van der Waals surface area contributed by atoms with E-state index in [0.717, 1.165) is 17.0 Å². The zero-order valence-corrected chi connectivity index (χ0v) is 14.2. The summed E-state index contributed by atoms with van der Waals surface area (Å²) in [5.41, 5.74) is 3.05. The minimum atomic E-state index is -0.110. The van der Waals surface area contributed by atoms with Crippen molar-refractivity contribution in [2.45, 2.75) is 4.83 Å². The van der Waals surface area contributed by atoms with E-state index in [-0.39, 0.29) is 17.3 Å². The number of amides is 1. The lowest BCUT2D eigenvalue weighted by Gasteiger charge is -2.19. The van der Waals surface area contributed by atoms with Crippen LogP contribution in [0.25, 0.3) is 0 Å². The summed E-state index contributed by atoms with van der Waals surface area (Å²) in [4.78, 5) is 11.5. The highest BCUT2D eigenvalue weighted by atomic mass is 127. The van der Waals surface area contributed by atoms with Crippen LogP contribution in [0.3, 0.4) is 0 Å². The topological polar surface area (TPSA) is 38.3 Å². The van der Waals surface area contributed by atoms with E-state index in [4.69, 9.17) is 4.74 Å². The van der Waals surface area contributed by atoms with Gasteiger partial charge in [0.15, 0.2) is 6.61 Å². The molecule has 1 atom stereocenters. The van der Waals surface area contributed by atoms with Crippen molar-refractivity contribution in [3.8, 4) is 5.75 Å². The van der Waals surface area contributed by atoms with Crippen LogP contribution in [-0.2, 0) is 4.79 Å². The fraction of sp³-hybridized carbons (Fsp3) is 0.154. The Kier molecular flexibility index (Phi) is 3.81. The summed E-state index contributed by atoms with van der Waals surface area (Å²) < 4.78 is 6.61. The van der Waals surface area contributed by atoms with Crippen molar-refractivity contribution in [3.05, 3.63) is 43.7 Å². The SMILES string of the molecule is O=C1COc2ccc(C(Br)c3csc(I)c3)cc2N1. The Morgan fingerprint density at radius 1 is 1.37 bits per heavy atom. The Morgan fingerprint density at radius 3 is 2.95 bits per heavy atom. The van der Waals surface area contributed by atoms with E-state index in [9.17, 15) is 4.79 Å². The van der Waals surface area contributed by atoms with Crippen LogP contribution in [0.4, 0.5) is 5.69 Å². The number of hydrogen-bond acceptors (Lipinski definition) is 3. The molecule has 0 bridgehead atoms. The molecule has 0 radical (unpaired) electrons. The average Bonchev–Trinajstić information content (AvgIpc) is 2.83. The van der Waals surface area contributed by atoms with Gasteiger partial charge in [-0.3, -0.25) is 4.79 Å². The predicted molar refractivity (Wildman–Crippen MR) is 88.4 cm³/mol. The number of benzene rings is 1. The zero-order valence-electron chi connectivity index (χ0n) is 9.65. The lowest BCUT2D eigenvalue weighted by Crippen LogP contribution is -2.25. The third-order valence-electron chi connectivity index (χ3n) is 2.81. The third kappa shape index (κ3) is 2.80. The van der Waals surface area contributed by atoms with Gasteiger partial charge in [-0.2, -0.15) is 0 Å². The fourth-order valence-electron chi connectivity index (χ4n) is 1.91. The maximum absolute atomic E-state index is 11.3. The van der Waals surface area contributed by atoms with Crippen molar-refractivity contribution in [2.24, 2.45) is 0 Å². The van der Waals surface area contributed by atoms with Gasteiger partial charge in [0.25, 0.3) is 5.91 Å². The second-order valence-electron chi connectivity index (χ2n) is 4.14. The van der Waals surface area contributed by atoms with Crippen molar-refractivity contribution >= 4 is 61.5 Å². The third-order valence-corrected chi connectivity index (χ3v) is 5.67. The lowest BCUT2D eigenvalue weighted by atomic mass is 10.1. The Morgan fingerprint density at radius 2 is 2.21 bits per heavy atom. The summed E-state index contributed by atoms with van der Waals surface area (Å²) >= 11 is 7.73. The first-order valence-electron chi connectivity index (χ1n) is 5.58. The Bertz CT molecular complexity index is 643. The maximum atomic E-state index is 11.3. The second kappa shape index (κ2) is 5.41. The zero-order chi connectivity index (χ0) is 13.4. The Balaban J connectivity index is 1.93. The first-order chi connectivity index (χ1) is 9.13. The van der Waals surface area contributed by atoms with Gasteiger partial charge in [-0.05, 0) is 57.3 Å². The monoisotopic (exact) mass is 449 g/mol. The molecule has 1 amide bonds. The molecule has 1 aromatic carbocycles. The van der Waals surface area contributed by atoms with E-state index < -0.39 is 0 Å². The number of rotatable bonds is 2. The van der Waals surface area contributed by atoms with Gasteiger partial charge < -0.3 is 10.1 Å². The van der Waals surface area contributed by atoms with Gasteiger partial charge in [-0.15, -0.1) is 11.3 Å². The molecule has 0 spiro atoms. The molecule has 1 aromatic heterocycles. The average molecular weight is 450 g/mol. The molecule has 6 heteroatoms. The standard InChI is InChI=1S/C13H9BrINO2S/c14-13(8-4-11(15)19-6-8)7-1-2-10-9(3-7)16-12(17)5-18-10/h1-4,6,13H,5H2,(H,16,17). The van der Waals surface area contributed by atoms with Crippen LogP contribution in [0.1, 0.15) is 16.0 Å². The number of carbonyl (C=O) groups is 1. The number of anilines is 1. The van der Waals surface area contributed by atoms with Gasteiger partial charge in [-0.1, -0.05) is 22.0 Å². The van der Waals surface area contributed by atoms with Crippen molar-refractivity contribution < 1.29 is 9.53 Å². The number of nitrogens with one attached hydrogen (secondary N) is 1. The predicted octanol–water partition coefficient (Wildman–Crippen LogP) is 4.17. The van der Waals surface area contributed by atoms with Crippen molar-refractivity contribution in [1.29, 1.82) is 0 Å². The molecular formula is C13H9BrINO2S. The van der Waals surface area contributed by atoms with Gasteiger partial charge in [0.05, 0.1) is 13.4 Å². The summed E-state index contributed by atoms with van der Waals surface area (Å²) in [6.07, 6.45) is 0. The normalized spacial score (nSPS) is 15.4. The number of ether oxygens (including phenoxy) is 1. The summed E-state index contributed by atoms with van der Waals surface area (Å²) in [5, 5.41) is 4.96. The van der Waals surface area contributed by atoms with Crippen molar-refractivity contribution in [2.75, 3.05) is 11.9 Å². The largest absolute Gasteiger partial charge is 0.482 e. The molecule has 3 rings (SSSR count). The molecule has 1 aliphatic rings. The van der Waals surface area contributed by atoms with Crippen LogP contribution in [-0.4, -0.2) is 12.5 Å². The quantitative estimate of drug-likeness (QED) is 0.552. The second-order valence-corrected chi connectivity index (χ2v) is 7.86. The van der Waals surface area contributed by atoms with E-state index in [1.165, 1.54) is 8.45 Å². The minimum Gasteiger partial charge on any atom is -0.482 e. The van der Waals surface area contributed by atoms with E-state index in [2.05, 4.69) is 55.3 Å². The van der Waals surface area contributed by atoms with Gasteiger partial charge >= 0.3 is 0 Å². The van der Waals surface area contributed by atoms with Crippen LogP contribution in [0.5, 0.6) is 5.75 Å². The van der Waals surface area contributed by atoms with E-state index in [1.807, 2.05) is 18.2 Å². The first kappa shape index (κ1) is 13.4. The summed E-state index contributed by atoms with van der Waals surface area (Å²) in [6, 6.07) is 8.02. The molecule has 0 saturated heterocycles. The molecule has 0 fully saturated rings.